The number of hydrogen-bond donors (Lipinski definition) is 6. The van der Waals surface area contributed by atoms with Crippen LogP contribution in [-0.2, 0) is 27.0 Å². The SMILES string of the molecule is N=C(N)c1cccc(C[C@H](NS(=O)c2cccc(NC(=O)CCO)c2)C(=O)N2CCC(CCN)CC2)c1. The normalized spacial score (nSPS) is 15.7. The number of benzene rings is 2. The van der Waals surface area contributed by atoms with E-state index in [0.29, 0.717) is 41.7 Å². The highest BCUT2D eigenvalue weighted by atomic mass is 32.2. The van der Waals surface area contributed by atoms with Gasteiger partial charge in [0.25, 0.3) is 0 Å². The Hall–Kier alpha value is -3.12. The van der Waals surface area contributed by atoms with Gasteiger partial charge in [-0.25, -0.2) is 8.93 Å². The molecule has 2 amide bonds. The summed E-state index contributed by atoms with van der Waals surface area (Å²) in [6.45, 7) is 1.60. The van der Waals surface area contributed by atoms with E-state index >= 15 is 0 Å². The Balaban J connectivity index is 1.78. The van der Waals surface area contributed by atoms with E-state index in [1.807, 2.05) is 11.0 Å². The molecule has 1 unspecified atom stereocenters. The van der Waals surface area contributed by atoms with E-state index in [0.717, 1.165) is 24.8 Å². The van der Waals surface area contributed by atoms with Crippen molar-refractivity contribution in [1.29, 1.82) is 5.41 Å². The molecule has 10 nitrogen and oxygen atoms in total. The third kappa shape index (κ3) is 8.46. The van der Waals surface area contributed by atoms with Gasteiger partial charge in [0.15, 0.2) is 0 Å². The van der Waals surface area contributed by atoms with Gasteiger partial charge in [0.1, 0.15) is 22.9 Å². The molecule has 1 saturated heterocycles. The predicted octanol–water partition coefficient (Wildman–Crippen LogP) is 1.10. The molecule has 37 heavy (non-hydrogen) atoms. The van der Waals surface area contributed by atoms with Crippen molar-refractivity contribution in [2.45, 2.75) is 43.0 Å². The fraction of sp³-hybridized carbons (Fsp3) is 0.423. The Morgan fingerprint density at radius 2 is 1.89 bits per heavy atom. The lowest BCUT2D eigenvalue weighted by Gasteiger charge is -2.34. The molecule has 2 aromatic carbocycles. The monoisotopic (exact) mass is 528 g/mol. The van der Waals surface area contributed by atoms with Crippen molar-refractivity contribution in [3.63, 3.8) is 0 Å². The lowest BCUT2D eigenvalue weighted by Crippen LogP contribution is -2.50. The highest BCUT2D eigenvalue weighted by Crippen LogP contribution is 2.22. The number of rotatable bonds is 12. The molecule has 0 saturated carbocycles. The summed E-state index contributed by atoms with van der Waals surface area (Å²) in [5.41, 5.74) is 13.1. The van der Waals surface area contributed by atoms with Gasteiger partial charge < -0.3 is 26.8 Å². The summed E-state index contributed by atoms with van der Waals surface area (Å²) in [5.74, 6) is -0.0519. The predicted molar refractivity (Wildman–Crippen MR) is 144 cm³/mol. The molecule has 0 aliphatic carbocycles. The number of nitrogens with one attached hydrogen (secondary N) is 3. The van der Waals surface area contributed by atoms with Crippen molar-refractivity contribution in [2.75, 3.05) is 31.6 Å². The molecule has 1 aliphatic rings. The van der Waals surface area contributed by atoms with Crippen molar-refractivity contribution in [1.82, 2.24) is 9.62 Å². The van der Waals surface area contributed by atoms with E-state index in [-0.39, 0.29) is 37.1 Å². The summed E-state index contributed by atoms with van der Waals surface area (Å²) in [4.78, 5) is 27.6. The van der Waals surface area contributed by atoms with E-state index in [1.165, 1.54) is 0 Å². The van der Waals surface area contributed by atoms with Crippen molar-refractivity contribution in [2.24, 2.45) is 17.4 Å². The molecule has 0 aromatic heterocycles. The second kappa shape index (κ2) is 14.0. The molecule has 1 fully saturated rings. The number of amides is 2. The summed E-state index contributed by atoms with van der Waals surface area (Å²) in [5, 5.41) is 19.3. The molecule has 2 atom stereocenters. The minimum atomic E-state index is -1.75. The Bertz CT molecular complexity index is 1120. The Morgan fingerprint density at radius 3 is 2.57 bits per heavy atom. The number of hydrogen-bond acceptors (Lipinski definition) is 6. The van der Waals surface area contributed by atoms with Crippen molar-refractivity contribution in [3.8, 4) is 0 Å². The van der Waals surface area contributed by atoms with Crippen LogP contribution in [0.3, 0.4) is 0 Å². The third-order valence-corrected chi connectivity index (χ3v) is 7.58. The highest BCUT2D eigenvalue weighted by molar-refractivity contribution is 7.83. The van der Waals surface area contributed by atoms with Gasteiger partial charge >= 0.3 is 0 Å². The van der Waals surface area contributed by atoms with Crippen LogP contribution in [0.15, 0.2) is 53.4 Å². The maximum Gasteiger partial charge on any atom is 0.241 e. The lowest BCUT2D eigenvalue weighted by molar-refractivity contribution is -0.134. The zero-order chi connectivity index (χ0) is 26.8. The first kappa shape index (κ1) is 28.5. The first-order valence-corrected chi connectivity index (χ1v) is 13.6. The molecule has 2 aromatic rings. The van der Waals surface area contributed by atoms with Gasteiger partial charge in [-0.2, -0.15) is 0 Å². The first-order chi connectivity index (χ1) is 17.8. The van der Waals surface area contributed by atoms with Crippen molar-refractivity contribution >= 4 is 34.3 Å². The molecule has 11 heteroatoms. The van der Waals surface area contributed by atoms with Crippen LogP contribution in [0.1, 0.15) is 36.8 Å². The van der Waals surface area contributed by atoms with Gasteiger partial charge in [0.05, 0.1) is 17.9 Å². The number of carbonyl (C=O) groups is 2. The molecule has 200 valence electrons. The Morgan fingerprint density at radius 1 is 1.16 bits per heavy atom. The molecular formula is C26H36N6O4S. The smallest absolute Gasteiger partial charge is 0.241 e. The third-order valence-electron chi connectivity index (χ3n) is 6.40. The van der Waals surface area contributed by atoms with Crippen LogP contribution in [0, 0.1) is 11.3 Å². The number of aliphatic hydroxyl groups excluding tert-OH is 1. The number of amidine groups is 1. The number of carbonyl (C=O) groups excluding carboxylic acids is 2. The first-order valence-electron chi connectivity index (χ1n) is 12.4. The summed E-state index contributed by atoms with van der Waals surface area (Å²) < 4.78 is 16.3. The topological polar surface area (TPSA) is 175 Å². The van der Waals surface area contributed by atoms with Crippen molar-refractivity contribution in [3.05, 3.63) is 59.7 Å². The molecule has 1 aliphatic heterocycles. The van der Waals surface area contributed by atoms with Crippen molar-refractivity contribution < 1.29 is 18.9 Å². The fourth-order valence-corrected chi connectivity index (χ4v) is 5.41. The maximum atomic E-state index is 13.6. The summed E-state index contributed by atoms with van der Waals surface area (Å²) in [6.07, 6.45) is 2.93. The number of nitrogen functional groups attached to an aromatic ring is 1. The molecule has 8 N–H and O–H groups in total. The number of nitrogens with zero attached hydrogens (tertiary/aromatic N) is 1. The van der Waals surface area contributed by atoms with E-state index in [4.69, 9.17) is 22.0 Å². The van der Waals surface area contributed by atoms with Gasteiger partial charge in [0, 0.05) is 24.3 Å². The van der Waals surface area contributed by atoms with Crippen LogP contribution in [-0.4, -0.2) is 64.1 Å². The molecule has 0 spiro atoms. The van der Waals surface area contributed by atoms with Gasteiger partial charge in [-0.05, 0) is 68.0 Å². The average Bonchev–Trinajstić information content (AvgIpc) is 2.89. The number of aliphatic hydroxyl groups is 1. The second-order valence-electron chi connectivity index (χ2n) is 9.15. The van der Waals surface area contributed by atoms with Crippen LogP contribution >= 0.6 is 0 Å². The van der Waals surface area contributed by atoms with Gasteiger partial charge in [-0.3, -0.25) is 15.0 Å². The van der Waals surface area contributed by atoms with Gasteiger partial charge in [-0.1, -0.05) is 24.3 Å². The van der Waals surface area contributed by atoms with Gasteiger partial charge in [0.2, 0.25) is 11.8 Å². The molecule has 1 heterocycles. The molecule has 3 rings (SSSR count). The van der Waals surface area contributed by atoms with Crippen LogP contribution in [0.4, 0.5) is 5.69 Å². The average molecular weight is 529 g/mol. The Labute approximate surface area is 219 Å². The maximum absolute atomic E-state index is 13.6. The van der Waals surface area contributed by atoms with E-state index in [9.17, 15) is 13.8 Å². The van der Waals surface area contributed by atoms with E-state index < -0.39 is 17.0 Å². The minimum absolute atomic E-state index is 0.0383. The highest BCUT2D eigenvalue weighted by Gasteiger charge is 2.29. The zero-order valence-corrected chi connectivity index (χ0v) is 21.6. The number of anilines is 1. The molecule has 0 radical (unpaired) electrons. The summed E-state index contributed by atoms with van der Waals surface area (Å²) >= 11 is 0. The second-order valence-corrected chi connectivity index (χ2v) is 10.4. The van der Waals surface area contributed by atoms with Crippen LogP contribution < -0.4 is 21.5 Å². The fourth-order valence-electron chi connectivity index (χ4n) is 4.39. The zero-order valence-electron chi connectivity index (χ0n) is 20.8. The van der Waals surface area contributed by atoms with Crippen LogP contribution in [0.2, 0.25) is 0 Å². The van der Waals surface area contributed by atoms with Crippen LogP contribution in [0.25, 0.3) is 0 Å². The molecule has 0 bridgehead atoms. The molecular weight excluding hydrogens is 492 g/mol. The summed E-state index contributed by atoms with van der Waals surface area (Å²) in [6, 6.07) is 12.9. The minimum Gasteiger partial charge on any atom is -0.396 e. The van der Waals surface area contributed by atoms with Gasteiger partial charge in [-0.15, -0.1) is 0 Å². The van der Waals surface area contributed by atoms with E-state index in [1.54, 1.807) is 42.5 Å². The standard InChI is InChI=1S/C26H36N6O4S/c27-11-7-18-8-12-32(13-9-18)26(35)23(16-19-3-1-4-20(15-19)25(28)29)31-37(36)22-6-2-5-21(17-22)30-24(34)10-14-33/h1-6,15,17-18,23,31,33H,7-14,16,27H2,(H3,28,29)(H,30,34)/t23-,37?/m0/s1. The lowest BCUT2D eigenvalue weighted by atomic mass is 9.93. The summed E-state index contributed by atoms with van der Waals surface area (Å²) in [7, 11) is -1.75. The van der Waals surface area contributed by atoms with E-state index in [2.05, 4.69) is 10.0 Å². The number of nitrogens with two attached hydrogens (primary N) is 2. The van der Waals surface area contributed by atoms with Crippen LogP contribution in [0.5, 0.6) is 0 Å². The quantitative estimate of drug-likeness (QED) is 0.178. The number of piperidine rings is 1. The largest absolute Gasteiger partial charge is 0.396 e. The Kier molecular flexibility index (Phi) is 10.8. The number of likely N-dealkylation sites (tertiary alicyclic amines) is 1.